The molecular weight excluding hydrogens is 452 g/mol. The van der Waals surface area contributed by atoms with E-state index in [4.69, 9.17) is 0 Å². The first-order chi connectivity index (χ1) is 15.2. The summed E-state index contributed by atoms with van der Waals surface area (Å²) in [7, 11) is -3.79. The second-order valence-electron chi connectivity index (χ2n) is 7.04. The number of Topliss-reactive ketones (excluding diaryl/α,β-unsaturated/α-hetero) is 1. The molecule has 3 aromatic rings. The summed E-state index contributed by atoms with van der Waals surface area (Å²) in [5, 5.41) is 4.90. The fourth-order valence-electron chi connectivity index (χ4n) is 3.26. The number of carbonyl (C=O) groups is 3. The number of amides is 2. The Morgan fingerprint density at radius 1 is 1.16 bits per heavy atom. The molecule has 1 aromatic heterocycles. The van der Waals surface area contributed by atoms with Gasteiger partial charge in [-0.25, -0.2) is 18.3 Å². The van der Waals surface area contributed by atoms with E-state index >= 15 is 0 Å². The first-order valence-electron chi connectivity index (χ1n) is 9.51. The van der Waals surface area contributed by atoms with Gasteiger partial charge in [0.1, 0.15) is 6.04 Å². The predicted molar refractivity (Wildman–Crippen MR) is 120 cm³/mol. The summed E-state index contributed by atoms with van der Waals surface area (Å²) < 4.78 is 27.2. The molecule has 2 heterocycles. The Bertz CT molecular complexity index is 1290. The summed E-state index contributed by atoms with van der Waals surface area (Å²) in [5.74, 6) is -1.00. The van der Waals surface area contributed by atoms with E-state index in [1.807, 2.05) is 0 Å². The molecule has 0 spiro atoms. The van der Waals surface area contributed by atoms with E-state index in [-0.39, 0.29) is 28.1 Å². The SMILES string of the molecule is CC(=O)c1cccc(N2C(=O)CC(Nc3ccc(S(=O)(=O)Nc4nccs4)cc3)C2=O)c1. The fourth-order valence-corrected chi connectivity index (χ4v) is 5.05. The van der Waals surface area contributed by atoms with Gasteiger partial charge in [-0.2, -0.15) is 0 Å². The molecule has 4 rings (SSSR count). The summed E-state index contributed by atoms with van der Waals surface area (Å²) in [5.41, 5.74) is 1.23. The molecule has 1 aliphatic heterocycles. The maximum absolute atomic E-state index is 12.9. The molecular formula is C21H18N4O5S2. The van der Waals surface area contributed by atoms with Gasteiger partial charge in [0, 0.05) is 22.8 Å². The molecule has 32 heavy (non-hydrogen) atoms. The number of sulfonamides is 1. The lowest BCUT2D eigenvalue weighted by Crippen LogP contribution is -2.34. The van der Waals surface area contributed by atoms with Crippen molar-refractivity contribution in [3.05, 3.63) is 65.7 Å². The number of benzene rings is 2. The Hall–Kier alpha value is -3.57. The molecule has 0 radical (unpaired) electrons. The van der Waals surface area contributed by atoms with Gasteiger partial charge in [0.2, 0.25) is 5.91 Å². The van der Waals surface area contributed by atoms with Crippen LogP contribution >= 0.6 is 11.3 Å². The van der Waals surface area contributed by atoms with E-state index in [1.54, 1.807) is 23.6 Å². The predicted octanol–water partition coefficient (Wildman–Crippen LogP) is 2.89. The first-order valence-corrected chi connectivity index (χ1v) is 11.9. The van der Waals surface area contributed by atoms with Gasteiger partial charge in [0.25, 0.3) is 15.9 Å². The third kappa shape index (κ3) is 4.39. The zero-order chi connectivity index (χ0) is 22.9. The van der Waals surface area contributed by atoms with Crippen LogP contribution in [0.5, 0.6) is 0 Å². The van der Waals surface area contributed by atoms with Crippen LogP contribution in [-0.4, -0.2) is 37.0 Å². The van der Waals surface area contributed by atoms with Gasteiger partial charge >= 0.3 is 0 Å². The Morgan fingerprint density at radius 3 is 2.56 bits per heavy atom. The van der Waals surface area contributed by atoms with Gasteiger partial charge in [-0.15, -0.1) is 11.3 Å². The number of nitrogens with one attached hydrogen (secondary N) is 2. The van der Waals surface area contributed by atoms with Crippen LogP contribution in [0.15, 0.2) is 65.0 Å². The topological polar surface area (TPSA) is 126 Å². The number of rotatable bonds is 7. The monoisotopic (exact) mass is 470 g/mol. The minimum absolute atomic E-state index is 0.0368. The molecule has 164 valence electrons. The van der Waals surface area contributed by atoms with Gasteiger partial charge in [0.15, 0.2) is 10.9 Å². The number of hydrogen-bond donors (Lipinski definition) is 2. The van der Waals surface area contributed by atoms with Crippen LogP contribution in [0.2, 0.25) is 0 Å². The number of thiazole rings is 1. The van der Waals surface area contributed by atoms with E-state index in [0.29, 0.717) is 16.9 Å². The van der Waals surface area contributed by atoms with Crippen molar-refractivity contribution in [1.82, 2.24) is 4.98 Å². The molecule has 1 fully saturated rings. The summed E-state index contributed by atoms with van der Waals surface area (Å²) >= 11 is 1.16. The van der Waals surface area contributed by atoms with Gasteiger partial charge < -0.3 is 5.32 Å². The summed E-state index contributed by atoms with van der Waals surface area (Å²) in [6.07, 6.45) is 1.43. The van der Waals surface area contributed by atoms with Crippen molar-refractivity contribution in [3.63, 3.8) is 0 Å². The van der Waals surface area contributed by atoms with Crippen molar-refractivity contribution in [2.45, 2.75) is 24.3 Å². The van der Waals surface area contributed by atoms with E-state index in [1.165, 1.54) is 43.5 Å². The highest BCUT2D eigenvalue weighted by Crippen LogP contribution is 2.26. The normalized spacial score (nSPS) is 16.3. The van der Waals surface area contributed by atoms with E-state index < -0.39 is 22.0 Å². The van der Waals surface area contributed by atoms with Crippen LogP contribution in [0.1, 0.15) is 23.7 Å². The molecule has 2 N–H and O–H groups in total. The number of aromatic nitrogens is 1. The molecule has 11 heteroatoms. The average Bonchev–Trinajstić information content (AvgIpc) is 3.35. The van der Waals surface area contributed by atoms with Gasteiger partial charge in [-0.05, 0) is 43.3 Å². The standard InChI is InChI=1S/C21H18N4O5S2/c1-13(26)14-3-2-4-16(11-14)25-19(27)12-18(20(25)28)23-15-5-7-17(8-6-15)32(29,30)24-21-22-9-10-31-21/h2-11,18,23H,12H2,1H3,(H,22,24). The van der Waals surface area contributed by atoms with Crippen molar-refractivity contribution in [3.8, 4) is 0 Å². The third-order valence-corrected chi connectivity index (χ3v) is 6.99. The zero-order valence-corrected chi connectivity index (χ0v) is 18.4. The van der Waals surface area contributed by atoms with Crippen LogP contribution in [-0.2, 0) is 19.6 Å². The van der Waals surface area contributed by atoms with Crippen molar-refractivity contribution in [2.75, 3.05) is 14.9 Å². The smallest absolute Gasteiger partial charge is 0.263 e. The van der Waals surface area contributed by atoms with E-state index in [2.05, 4.69) is 15.0 Å². The number of ketones is 1. The lowest BCUT2D eigenvalue weighted by Gasteiger charge is -2.17. The Morgan fingerprint density at radius 2 is 1.91 bits per heavy atom. The van der Waals surface area contributed by atoms with Gasteiger partial charge in [-0.1, -0.05) is 12.1 Å². The zero-order valence-electron chi connectivity index (χ0n) is 16.8. The minimum Gasteiger partial charge on any atom is -0.373 e. The molecule has 0 bridgehead atoms. The summed E-state index contributed by atoms with van der Waals surface area (Å²) in [6, 6.07) is 11.4. The molecule has 1 atom stereocenters. The van der Waals surface area contributed by atoms with Crippen molar-refractivity contribution < 1.29 is 22.8 Å². The highest BCUT2D eigenvalue weighted by Gasteiger charge is 2.39. The molecule has 1 saturated heterocycles. The number of hydrogen-bond acceptors (Lipinski definition) is 8. The Labute approximate surface area is 188 Å². The minimum atomic E-state index is -3.79. The maximum Gasteiger partial charge on any atom is 0.263 e. The molecule has 2 amide bonds. The second-order valence-corrected chi connectivity index (χ2v) is 9.62. The lowest BCUT2D eigenvalue weighted by atomic mass is 10.1. The Balaban J connectivity index is 1.48. The fraction of sp³-hybridized carbons (Fsp3) is 0.143. The first kappa shape index (κ1) is 21.7. The van der Waals surface area contributed by atoms with E-state index in [0.717, 1.165) is 16.2 Å². The molecule has 0 aliphatic carbocycles. The summed E-state index contributed by atoms with van der Waals surface area (Å²) in [4.78, 5) is 42.0. The quantitative estimate of drug-likeness (QED) is 0.402. The van der Waals surface area contributed by atoms with Gasteiger partial charge in [0.05, 0.1) is 17.0 Å². The van der Waals surface area contributed by atoms with E-state index in [9.17, 15) is 22.8 Å². The van der Waals surface area contributed by atoms with Crippen LogP contribution in [0.4, 0.5) is 16.5 Å². The van der Waals surface area contributed by atoms with Crippen molar-refractivity contribution >= 4 is 55.5 Å². The average molecular weight is 471 g/mol. The highest BCUT2D eigenvalue weighted by atomic mass is 32.2. The molecule has 0 saturated carbocycles. The largest absolute Gasteiger partial charge is 0.373 e. The highest BCUT2D eigenvalue weighted by molar-refractivity contribution is 7.93. The molecule has 2 aromatic carbocycles. The van der Waals surface area contributed by atoms with Gasteiger partial charge in [-0.3, -0.25) is 19.1 Å². The van der Waals surface area contributed by atoms with Crippen molar-refractivity contribution in [1.29, 1.82) is 0 Å². The van der Waals surface area contributed by atoms with Crippen LogP contribution in [0.25, 0.3) is 0 Å². The number of imide groups is 1. The third-order valence-electron chi connectivity index (χ3n) is 4.82. The number of anilines is 3. The Kier molecular flexibility index (Phi) is 5.76. The number of nitrogens with zero attached hydrogens (tertiary/aromatic N) is 2. The van der Waals surface area contributed by atoms with Crippen LogP contribution < -0.4 is 14.9 Å². The van der Waals surface area contributed by atoms with Crippen LogP contribution in [0, 0.1) is 0 Å². The summed E-state index contributed by atoms with van der Waals surface area (Å²) in [6.45, 7) is 1.41. The second kappa shape index (κ2) is 8.52. The molecule has 9 nitrogen and oxygen atoms in total. The molecule has 1 aliphatic rings. The van der Waals surface area contributed by atoms with Crippen molar-refractivity contribution in [2.24, 2.45) is 0 Å². The lowest BCUT2D eigenvalue weighted by molar-refractivity contribution is -0.121. The maximum atomic E-state index is 12.9. The van der Waals surface area contributed by atoms with Crippen LogP contribution in [0.3, 0.4) is 0 Å². The molecule has 1 unspecified atom stereocenters. The number of carbonyl (C=O) groups excluding carboxylic acids is 3.